The highest BCUT2D eigenvalue weighted by Gasteiger charge is 2.25. The number of rotatable bonds is 4. The molecule has 2 N–H and O–H groups in total. The average molecular weight is 241 g/mol. The van der Waals surface area contributed by atoms with Crippen molar-refractivity contribution in [1.82, 2.24) is 19.8 Å². The number of hydrogen-bond donors (Lipinski definition) is 1. The SMILES string of the molecule is COCc1nnc2sc(C(C)(C)CN)nn12. The van der Waals surface area contributed by atoms with Gasteiger partial charge in [-0.25, -0.2) is 0 Å². The Balaban J connectivity index is 2.44. The van der Waals surface area contributed by atoms with Gasteiger partial charge in [-0.3, -0.25) is 0 Å². The van der Waals surface area contributed by atoms with Crippen molar-refractivity contribution in [3.8, 4) is 0 Å². The highest BCUT2D eigenvalue weighted by molar-refractivity contribution is 7.16. The van der Waals surface area contributed by atoms with Crippen LogP contribution in [-0.4, -0.2) is 33.5 Å². The molecule has 0 radical (unpaired) electrons. The molecule has 2 aromatic rings. The van der Waals surface area contributed by atoms with E-state index >= 15 is 0 Å². The van der Waals surface area contributed by atoms with Crippen LogP contribution in [0.4, 0.5) is 0 Å². The van der Waals surface area contributed by atoms with E-state index in [0.29, 0.717) is 19.0 Å². The molecule has 0 fully saturated rings. The number of hydrogen-bond acceptors (Lipinski definition) is 6. The molecular formula is C9H15N5OS. The largest absolute Gasteiger partial charge is 0.377 e. The second-order valence-corrected chi connectivity index (χ2v) is 5.19. The summed E-state index contributed by atoms with van der Waals surface area (Å²) in [6.07, 6.45) is 0. The lowest BCUT2D eigenvalue weighted by molar-refractivity contribution is 0.176. The van der Waals surface area contributed by atoms with Gasteiger partial charge in [0, 0.05) is 19.1 Å². The first-order valence-corrected chi connectivity index (χ1v) is 5.81. The molecule has 0 saturated heterocycles. The minimum atomic E-state index is -0.129. The molecule has 0 aliphatic rings. The van der Waals surface area contributed by atoms with Gasteiger partial charge in [-0.2, -0.15) is 9.61 Å². The normalized spacial score (nSPS) is 12.5. The zero-order chi connectivity index (χ0) is 11.8. The summed E-state index contributed by atoms with van der Waals surface area (Å²) in [7, 11) is 1.62. The molecule has 2 aromatic heterocycles. The maximum atomic E-state index is 5.72. The smallest absolute Gasteiger partial charge is 0.234 e. The first-order valence-electron chi connectivity index (χ1n) is 4.99. The fraction of sp³-hybridized carbons (Fsp3) is 0.667. The zero-order valence-electron chi connectivity index (χ0n) is 9.60. The molecule has 6 nitrogen and oxygen atoms in total. The zero-order valence-corrected chi connectivity index (χ0v) is 10.4. The summed E-state index contributed by atoms with van der Waals surface area (Å²) in [4.78, 5) is 0.781. The second kappa shape index (κ2) is 4.08. The summed E-state index contributed by atoms with van der Waals surface area (Å²) in [5.41, 5.74) is 5.59. The number of ether oxygens (including phenoxy) is 1. The van der Waals surface area contributed by atoms with Gasteiger partial charge in [0.25, 0.3) is 0 Å². The quantitative estimate of drug-likeness (QED) is 0.846. The van der Waals surface area contributed by atoms with Crippen molar-refractivity contribution >= 4 is 16.3 Å². The standard InChI is InChI=1S/C9H15N5OS/c1-9(2,5-10)7-13-14-6(4-15-3)11-12-8(14)16-7/h4-5,10H2,1-3H3. The summed E-state index contributed by atoms with van der Waals surface area (Å²) in [5, 5.41) is 13.5. The van der Waals surface area contributed by atoms with E-state index in [-0.39, 0.29) is 5.41 Å². The molecule has 0 atom stereocenters. The molecule has 0 aromatic carbocycles. The number of nitrogens with two attached hydrogens (primary N) is 1. The molecular weight excluding hydrogens is 226 g/mol. The van der Waals surface area contributed by atoms with Gasteiger partial charge in [-0.15, -0.1) is 10.2 Å². The molecule has 2 heterocycles. The van der Waals surface area contributed by atoms with Crippen LogP contribution in [0, 0.1) is 0 Å². The Morgan fingerprint density at radius 1 is 1.44 bits per heavy atom. The van der Waals surface area contributed by atoms with E-state index in [1.807, 2.05) is 0 Å². The number of methoxy groups -OCH3 is 1. The number of fused-ring (bicyclic) bond motifs is 1. The van der Waals surface area contributed by atoms with E-state index in [1.165, 1.54) is 11.3 Å². The van der Waals surface area contributed by atoms with E-state index in [4.69, 9.17) is 10.5 Å². The molecule has 0 amide bonds. The minimum absolute atomic E-state index is 0.129. The summed E-state index contributed by atoms with van der Waals surface area (Å²) in [6.45, 7) is 5.09. The minimum Gasteiger partial charge on any atom is -0.377 e. The fourth-order valence-electron chi connectivity index (χ4n) is 1.24. The third-order valence-corrected chi connectivity index (χ3v) is 3.68. The van der Waals surface area contributed by atoms with Gasteiger partial charge in [-0.1, -0.05) is 25.2 Å². The molecule has 88 valence electrons. The molecule has 2 rings (SSSR count). The second-order valence-electron chi connectivity index (χ2n) is 4.24. The Morgan fingerprint density at radius 3 is 2.81 bits per heavy atom. The van der Waals surface area contributed by atoms with Crippen molar-refractivity contribution in [2.24, 2.45) is 5.73 Å². The predicted octanol–water partition coefficient (Wildman–Crippen LogP) is 0.569. The van der Waals surface area contributed by atoms with E-state index in [2.05, 4.69) is 29.1 Å². The monoisotopic (exact) mass is 241 g/mol. The molecule has 0 unspecified atom stereocenters. The van der Waals surface area contributed by atoms with Crippen molar-refractivity contribution in [1.29, 1.82) is 0 Å². The van der Waals surface area contributed by atoms with Gasteiger partial charge in [0.05, 0.1) is 0 Å². The number of aromatic nitrogens is 4. The van der Waals surface area contributed by atoms with Crippen LogP contribution in [0.1, 0.15) is 24.7 Å². The van der Waals surface area contributed by atoms with Crippen molar-refractivity contribution in [3.05, 3.63) is 10.8 Å². The lowest BCUT2D eigenvalue weighted by Gasteiger charge is -2.17. The van der Waals surface area contributed by atoms with Gasteiger partial charge in [0.15, 0.2) is 5.82 Å². The maximum Gasteiger partial charge on any atom is 0.234 e. The van der Waals surface area contributed by atoms with Crippen LogP contribution in [0.2, 0.25) is 0 Å². The lowest BCUT2D eigenvalue weighted by atomic mass is 9.95. The van der Waals surface area contributed by atoms with Crippen LogP contribution in [0.15, 0.2) is 0 Å². The van der Waals surface area contributed by atoms with E-state index in [1.54, 1.807) is 11.6 Å². The highest BCUT2D eigenvalue weighted by atomic mass is 32.1. The molecule has 0 aliphatic carbocycles. The summed E-state index contributed by atoms with van der Waals surface area (Å²) in [5.74, 6) is 0.716. The van der Waals surface area contributed by atoms with Crippen molar-refractivity contribution in [2.45, 2.75) is 25.9 Å². The predicted molar refractivity (Wildman–Crippen MR) is 61.5 cm³/mol. The van der Waals surface area contributed by atoms with Crippen LogP contribution in [0.3, 0.4) is 0 Å². The third kappa shape index (κ3) is 1.81. The Kier molecular flexibility index (Phi) is 2.92. The van der Waals surface area contributed by atoms with Gasteiger partial charge in [0.2, 0.25) is 4.96 Å². The van der Waals surface area contributed by atoms with Crippen molar-refractivity contribution in [3.63, 3.8) is 0 Å². The summed E-state index contributed by atoms with van der Waals surface area (Å²) >= 11 is 1.52. The first-order chi connectivity index (χ1) is 7.58. The first kappa shape index (κ1) is 11.4. The van der Waals surface area contributed by atoms with Crippen molar-refractivity contribution < 1.29 is 4.74 Å². The maximum absolute atomic E-state index is 5.72. The van der Waals surface area contributed by atoms with E-state index < -0.39 is 0 Å². The molecule has 16 heavy (non-hydrogen) atoms. The summed E-state index contributed by atoms with van der Waals surface area (Å²) < 4.78 is 6.76. The summed E-state index contributed by atoms with van der Waals surface area (Å²) in [6, 6.07) is 0. The van der Waals surface area contributed by atoms with Crippen LogP contribution < -0.4 is 5.73 Å². The Morgan fingerprint density at radius 2 is 2.19 bits per heavy atom. The lowest BCUT2D eigenvalue weighted by Crippen LogP contribution is -2.28. The van der Waals surface area contributed by atoms with Crippen LogP contribution in [0.5, 0.6) is 0 Å². The number of nitrogens with zero attached hydrogens (tertiary/aromatic N) is 4. The Hall–Kier alpha value is -1.05. The average Bonchev–Trinajstić information content (AvgIpc) is 2.81. The molecule has 7 heteroatoms. The van der Waals surface area contributed by atoms with Gasteiger partial charge in [0.1, 0.15) is 11.6 Å². The molecule has 0 bridgehead atoms. The van der Waals surface area contributed by atoms with Gasteiger partial charge >= 0.3 is 0 Å². The van der Waals surface area contributed by atoms with Gasteiger partial charge in [-0.05, 0) is 0 Å². The van der Waals surface area contributed by atoms with Crippen LogP contribution in [-0.2, 0) is 16.8 Å². The molecule has 0 aliphatic heterocycles. The Bertz CT molecular complexity index is 489. The van der Waals surface area contributed by atoms with E-state index in [9.17, 15) is 0 Å². The Labute approximate surface area is 97.4 Å². The fourth-order valence-corrected chi connectivity index (χ4v) is 2.21. The molecule has 0 spiro atoms. The molecule has 0 saturated carbocycles. The van der Waals surface area contributed by atoms with E-state index in [0.717, 1.165) is 9.97 Å². The van der Waals surface area contributed by atoms with Crippen LogP contribution >= 0.6 is 11.3 Å². The van der Waals surface area contributed by atoms with Gasteiger partial charge < -0.3 is 10.5 Å². The van der Waals surface area contributed by atoms with Crippen LogP contribution in [0.25, 0.3) is 4.96 Å². The highest BCUT2D eigenvalue weighted by Crippen LogP contribution is 2.26. The topological polar surface area (TPSA) is 78.3 Å². The van der Waals surface area contributed by atoms with Crippen molar-refractivity contribution in [2.75, 3.05) is 13.7 Å². The third-order valence-electron chi connectivity index (χ3n) is 2.42.